The van der Waals surface area contributed by atoms with Crippen LogP contribution in [-0.2, 0) is 0 Å². The molecule has 0 saturated heterocycles. The highest BCUT2D eigenvalue weighted by molar-refractivity contribution is 4.86. The second-order valence-electron chi connectivity index (χ2n) is 4.72. The Hall–Kier alpha value is -0.0800. The van der Waals surface area contributed by atoms with Crippen molar-refractivity contribution in [1.82, 2.24) is 9.80 Å². The van der Waals surface area contributed by atoms with E-state index in [2.05, 4.69) is 37.7 Å². The molecule has 1 aliphatic rings. The average Bonchev–Trinajstić information content (AvgIpc) is 2.79. The maximum absolute atomic E-state index is 2.66. The van der Waals surface area contributed by atoms with Crippen LogP contribution in [0.25, 0.3) is 0 Å². The molecule has 0 aliphatic heterocycles. The normalized spacial score (nSPS) is 17.8. The molecule has 0 bridgehead atoms. The molecule has 1 saturated carbocycles. The number of rotatable bonds is 6. The van der Waals surface area contributed by atoms with E-state index in [1.165, 1.54) is 32.4 Å². The summed E-state index contributed by atoms with van der Waals surface area (Å²) in [4.78, 5) is 4.93. The van der Waals surface area contributed by atoms with Gasteiger partial charge in [-0.2, -0.15) is 0 Å². The molecule has 0 heterocycles. The van der Waals surface area contributed by atoms with Crippen molar-refractivity contribution >= 4 is 0 Å². The van der Waals surface area contributed by atoms with E-state index in [9.17, 15) is 0 Å². The summed E-state index contributed by atoms with van der Waals surface area (Å²) in [5, 5.41) is 0. The smallest absolute Gasteiger partial charge is 0.00991 e. The highest BCUT2D eigenvalue weighted by atomic mass is 15.2. The fourth-order valence-electron chi connectivity index (χ4n) is 1.84. The minimum absolute atomic E-state index is 0.731. The van der Waals surface area contributed by atoms with Gasteiger partial charge in [0.25, 0.3) is 0 Å². The molecule has 0 N–H and O–H groups in total. The van der Waals surface area contributed by atoms with Gasteiger partial charge in [-0.1, -0.05) is 0 Å². The van der Waals surface area contributed by atoms with E-state index in [1.807, 2.05) is 0 Å². The molecule has 1 aliphatic carbocycles. The fourth-order valence-corrected chi connectivity index (χ4v) is 1.84. The van der Waals surface area contributed by atoms with Crippen molar-refractivity contribution in [3.63, 3.8) is 0 Å². The van der Waals surface area contributed by atoms with Gasteiger partial charge < -0.3 is 4.90 Å². The summed E-state index contributed by atoms with van der Waals surface area (Å²) >= 11 is 0. The summed E-state index contributed by atoms with van der Waals surface area (Å²) in [6.07, 6.45) is 4.17. The van der Waals surface area contributed by atoms with Crippen LogP contribution in [0.2, 0.25) is 0 Å². The molecule has 13 heavy (non-hydrogen) atoms. The Morgan fingerprint density at radius 3 is 2.15 bits per heavy atom. The third-order valence-corrected chi connectivity index (χ3v) is 2.70. The maximum Gasteiger partial charge on any atom is 0.00991 e. The van der Waals surface area contributed by atoms with Gasteiger partial charge in [0.05, 0.1) is 0 Å². The van der Waals surface area contributed by atoms with E-state index in [0.717, 1.165) is 12.1 Å². The standard InChI is InChI=1S/C11H24N2/c1-10(2)13(11-6-7-11)9-5-8-12(3)4/h10-11H,5-9H2,1-4H3. The molecule has 0 unspecified atom stereocenters. The first-order chi connectivity index (χ1) is 6.11. The Bertz CT molecular complexity index is 137. The second kappa shape index (κ2) is 4.97. The van der Waals surface area contributed by atoms with Crippen LogP contribution in [-0.4, -0.2) is 49.1 Å². The van der Waals surface area contributed by atoms with Crippen molar-refractivity contribution in [2.45, 2.75) is 45.2 Å². The Labute approximate surface area is 82.9 Å². The molecule has 1 rings (SSSR count). The first kappa shape index (κ1) is 11.0. The van der Waals surface area contributed by atoms with Crippen LogP contribution in [0.15, 0.2) is 0 Å². The number of nitrogens with zero attached hydrogens (tertiary/aromatic N) is 2. The monoisotopic (exact) mass is 184 g/mol. The van der Waals surface area contributed by atoms with Crippen molar-refractivity contribution in [3.8, 4) is 0 Å². The third kappa shape index (κ3) is 4.10. The highest BCUT2D eigenvalue weighted by Crippen LogP contribution is 2.28. The fraction of sp³-hybridized carbons (Fsp3) is 1.00. The van der Waals surface area contributed by atoms with Gasteiger partial charge >= 0.3 is 0 Å². The molecular formula is C11H24N2. The first-order valence-electron chi connectivity index (χ1n) is 5.51. The molecule has 0 aromatic rings. The zero-order valence-electron chi connectivity index (χ0n) is 9.58. The molecule has 1 fully saturated rings. The van der Waals surface area contributed by atoms with Crippen LogP contribution < -0.4 is 0 Å². The summed E-state index contributed by atoms with van der Waals surface area (Å²) < 4.78 is 0. The second-order valence-corrected chi connectivity index (χ2v) is 4.72. The first-order valence-corrected chi connectivity index (χ1v) is 5.51. The van der Waals surface area contributed by atoms with Crippen LogP contribution in [0.4, 0.5) is 0 Å². The van der Waals surface area contributed by atoms with E-state index in [-0.39, 0.29) is 0 Å². The van der Waals surface area contributed by atoms with E-state index < -0.39 is 0 Å². The van der Waals surface area contributed by atoms with Gasteiger partial charge in [-0.15, -0.1) is 0 Å². The lowest BCUT2D eigenvalue weighted by Gasteiger charge is -2.26. The molecule has 2 nitrogen and oxygen atoms in total. The summed E-state index contributed by atoms with van der Waals surface area (Å²) in [6, 6.07) is 1.65. The summed E-state index contributed by atoms with van der Waals surface area (Å²) in [5.41, 5.74) is 0. The summed E-state index contributed by atoms with van der Waals surface area (Å²) in [5.74, 6) is 0. The summed E-state index contributed by atoms with van der Waals surface area (Å²) in [6.45, 7) is 7.12. The SMILES string of the molecule is CC(C)N(CCCN(C)C)C1CC1. The van der Waals surface area contributed by atoms with Crippen LogP contribution in [0.1, 0.15) is 33.1 Å². The van der Waals surface area contributed by atoms with Gasteiger partial charge in [-0.25, -0.2) is 0 Å². The van der Waals surface area contributed by atoms with Gasteiger partial charge in [0.1, 0.15) is 0 Å². The van der Waals surface area contributed by atoms with Crippen molar-refractivity contribution in [2.24, 2.45) is 0 Å². The molecule has 0 aromatic heterocycles. The predicted molar refractivity (Wildman–Crippen MR) is 58.0 cm³/mol. The Kier molecular flexibility index (Phi) is 4.20. The van der Waals surface area contributed by atoms with Gasteiger partial charge in [0, 0.05) is 12.1 Å². The van der Waals surface area contributed by atoms with Crippen LogP contribution in [0.3, 0.4) is 0 Å². The lowest BCUT2D eigenvalue weighted by Crippen LogP contribution is -2.35. The minimum Gasteiger partial charge on any atom is -0.309 e. The van der Waals surface area contributed by atoms with Gasteiger partial charge in [0.2, 0.25) is 0 Å². The van der Waals surface area contributed by atoms with Crippen LogP contribution in [0, 0.1) is 0 Å². The van der Waals surface area contributed by atoms with Gasteiger partial charge in [0.15, 0.2) is 0 Å². The molecular weight excluding hydrogens is 160 g/mol. The third-order valence-electron chi connectivity index (χ3n) is 2.70. The molecule has 0 atom stereocenters. The van der Waals surface area contributed by atoms with Crippen LogP contribution in [0.5, 0.6) is 0 Å². The molecule has 78 valence electrons. The highest BCUT2D eigenvalue weighted by Gasteiger charge is 2.29. The zero-order chi connectivity index (χ0) is 9.84. The Morgan fingerprint density at radius 2 is 1.77 bits per heavy atom. The largest absolute Gasteiger partial charge is 0.309 e. The zero-order valence-corrected chi connectivity index (χ0v) is 9.58. The quantitative estimate of drug-likeness (QED) is 0.621. The molecule has 0 spiro atoms. The van der Waals surface area contributed by atoms with Crippen LogP contribution >= 0.6 is 0 Å². The van der Waals surface area contributed by atoms with Crippen molar-refractivity contribution < 1.29 is 0 Å². The molecule has 0 aromatic carbocycles. The van der Waals surface area contributed by atoms with E-state index >= 15 is 0 Å². The predicted octanol–water partition coefficient (Wildman–Crippen LogP) is 1.81. The maximum atomic E-state index is 2.66. The minimum atomic E-state index is 0.731. The average molecular weight is 184 g/mol. The lowest BCUT2D eigenvalue weighted by molar-refractivity contribution is 0.200. The van der Waals surface area contributed by atoms with E-state index in [4.69, 9.17) is 0 Å². The van der Waals surface area contributed by atoms with Crippen molar-refractivity contribution in [3.05, 3.63) is 0 Å². The molecule has 0 amide bonds. The number of hydrogen-bond donors (Lipinski definition) is 0. The summed E-state index contributed by atoms with van der Waals surface area (Å²) in [7, 11) is 4.30. The van der Waals surface area contributed by atoms with E-state index in [0.29, 0.717) is 0 Å². The van der Waals surface area contributed by atoms with Crippen molar-refractivity contribution in [2.75, 3.05) is 27.2 Å². The lowest BCUT2D eigenvalue weighted by atomic mass is 10.2. The van der Waals surface area contributed by atoms with Gasteiger partial charge in [-0.05, 0) is 60.3 Å². The molecule has 2 heteroatoms. The van der Waals surface area contributed by atoms with E-state index in [1.54, 1.807) is 0 Å². The van der Waals surface area contributed by atoms with Gasteiger partial charge in [-0.3, -0.25) is 4.90 Å². The topological polar surface area (TPSA) is 6.48 Å². The molecule has 0 radical (unpaired) electrons. The Morgan fingerprint density at radius 1 is 1.15 bits per heavy atom. The van der Waals surface area contributed by atoms with Crippen molar-refractivity contribution in [1.29, 1.82) is 0 Å². The number of hydrogen-bond acceptors (Lipinski definition) is 2. The Balaban J connectivity index is 2.15.